The van der Waals surface area contributed by atoms with E-state index >= 15 is 0 Å². The summed E-state index contributed by atoms with van der Waals surface area (Å²) in [6.07, 6.45) is 1.42. The highest BCUT2D eigenvalue weighted by Crippen LogP contribution is 2.28. The van der Waals surface area contributed by atoms with E-state index in [2.05, 4.69) is 26.1 Å². The Bertz CT molecular complexity index is 1820. The lowest BCUT2D eigenvalue weighted by atomic mass is 10.1. The fourth-order valence-electron chi connectivity index (χ4n) is 4.11. The summed E-state index contributed by atoms with van der Waals surface area (Å²) in [6, 6.07) is 25.1. The van der Waals surface area contributed by atoms with Crippen LogP contribution in [0.25, 0.3) is 11.3 Å². The number of halogens is 2. The van der Waals surface area contributed by atoms with Crippen molar-refractivity contribution in [3.05, 3.63) is 123 Å². The Morgan fingerprint density at radius 2 is 1.70 bits per heavy atom. The highest BCUT2D eigenvalue weighted by molar-refractivity contribution is 7.14. The van der Waals surface area contributed by atoms with Gasteiger partial charge in [-0.05, 0) is 85.6 Å². The average molecular weight is 645 g/mol. The molecule has 222 valence electrons. The molecule has 5 rings (SSSR count). The molecule has 44 heavy (non-hydrogen) atoms. The third kappa shape index (κ3) is 8.02. The number of anilines is 3. The Kier molecular flexibility index (Phi) is 9.91. The van der Waals surface area contributed by atoms with Crippen molar-refractivity contribution < 1.29 is 14.3 Å². The number of rotatable bonds is 10. The predicted molar refractivity (Wildman–Crippen MR) is 179 cm³/mol. The van der Waals surface area contributed by atoms with Gasteiger partial charge in [-0.3, -0.25) is 9.59 Å². The van der Waals surface area contributed by atoms with Crippen LogP contribution in [-0.4, -0.2) is 29.6 Å². The number of hydrogen-bond donors (Lipinski definition) is 3. The van der Waals surface area contributed by atoms with Gasteiger partial charge in [0.1, 0.15) is 5.75 Å². The minimum atomic E-state index is -0.395. The molecule has 5 aromatic rings. The number of aromatic nitrogens is 1. The molecule has 1 aromatic heterocycles. The van der Waals surface area contributed by atoms with Gasteiger partial charge in [0, 0.05) is 43.5 Å². The van der Waals surface area contributed by atoms with Gasteiger partial charge in [-0.1, -0.05) is 47.5 Å². The van der Waals surface area contributed by atoms with E-state index in [0.717, 1.165) is 38.9 Å². The van der Waals surface area contributed by atoms with E-state index in [4.69, 9.17) is 27.9 Å². The van der Waals surface area contributed by atoms with Gasteiger partial charge in [0.05, 0.1) is 11.9 Å². The first kappa shape index (κ1) is 30.7. The second kappa shape index (κ2) is 14.2. The molecule has 0 atom stereocenters. The Hall–Kier alpha value is -4.70. The first-order valence-corrected chi connectivity index (χ1v) is 15.1. The Morgan fingerprint density at radius 1 is 0.955 bits per heavy atom. The number of carbonyl (C=O) groups excluding carboxylic acids is 2. The molecular weight excluding hydrogens is 617 g/mol. The van der Waals surface area contributed by atoms with Crippen molar-refractivity contribution in [3.63, 3.8) is 0 Å². The highest BCUT2D eigenvalue weighted by atomic mass is 35.5. The standard InChI is InChI=1S/C33H27Cl2N5O3S/c1-20-4-3-5-28(21(20)2)38-31(41)18-43-30-15-12-26(35)16-24(30)17-36-40-32(42)23-8-6-22(7-9-23)29-19-44-33(39-29)37-27-13-10-25(34)11-14-27/h3-17,19H,18H2,1-2H3,(H,37,39)(H,38,41)(H,40,42)/b36-17-. The van der Waals surface area contributed by atoms with Crippen molar-refractivity contribution in [2.75, 3.05) is 17.2 Å². The molecule has 0 aliphatic carbocycles. The largest absolute Gasteiger partial charge is 0.483 e. The van der Waals surface area contributed by atoms with Crippen LogP contribution in [0, 0.1) is 13.8 Å². The van der Waals surface area contributed by atoms with Crippen LogP contribution in [0.1, 0.15) is 27.0 Å². The van der Waals surface area contributed by atoms with Gasteiger partial charge >= 0.3 is 0 Å². The van der Waals surface area contributed by atoms with E-state index in [-0.39, 0.29) is 12.5 Å². The molecule has 0 aliphatic heterocycles. The monoisotopic (exact) mass is 643 g/mol. The number of carbonyl (C=O) groups is 2. The number of hydrogen-bond acceptors (Lipinski definition) is 7. The first-order chi connectivity index (χ1) is 21.2. The number of hydrazone groups is 1. The fourth-order valence-corrected chi connectivity index (χ4v) is 5.15. The SMILES string of the molecule is Cc1cccc(NC(=O)COc2ccc(Cl)cc2/C=N\NC(=O)c2ccc(-c3csc(Nc4ccc(Cl)cc4)n3)cc2)c1C. The zero-order chi connectivity index (χ0) is 31.1. The molecule has 1 heterocycles. The quantitative estimate of drug-likeness (QED) is 0.105. The van der Waals surface area contributed by atoms with E-state index in [0.29, 0.717) is 26.9 Å². The minimum absolute atomic E-state index is 0.216. The summed E-state index contributed by atoms with van der Waals surface area (Å²) >= 11 is 13.6. The van der Waals surface area contributed by atoms with Gasteiger partial charge in [-0.25, -0.2) is 10.4 Å². The third-order valence-electron chi connectivity index (χ3n) is 6.62. The Morgan fingerprint density at radius 3 is 2.48 bits per heavy atom. The predicted octanol–water partition coefficient (Wildman–Crippen LogP) is 8.26. The highest BCUT2D eigenvalue weighted by Gasteiger charge is 2.11. The molecule has 0 bridgehead atoms. The maximum absolute atomic E-state index is 12.7. The number of thiazole rings is 1. The third-order valence-corrected chi connectivity index (χ3v) is 7.87. The molecule has 0 spiro atoms. The fraction of sp³-hybridized carbons (Fsp3) is 0.0909. The van der Waals surface area contributed by atoms with Crippen LogP contribution in [-0.2, 0) is 4.79 Å². The van der Waals surface area contributed by atoms with E-state index in [1.165, 1.54) is 17.6 Å². The molecule has 0 fully saturated rings. The summed E-state index contributed by atoms with van der Waals surface area (Å²) in [5, 5.41) is 14.0. The summed E-state index contributed by atoms with van der Waals surface area (Å²) in [5.41, 5.74) is 8.78. The molecule has 4 aromatic carbocycles. The van der Waals surface area contributed by atoms with Crippen LogP contribution in [0.15, 0.2) is 95.4 Å². The van der Waals surface area contributed by atoms with E-state index < -0.39 is 5.91 Å². The van der Waals surface area contributed by atoms with Crippen LogP contribution < -0.4 is 20.8 Å². The van der Waals surface area contributed by atoms with Crippen molar-refractivity contribution in [1.29, 1.82) is 0 Å². The van der Waals surface area contributed by atoms with Gasteiger partial charge in [0.25, 0.3) is 11.8 Å². The minimum Gasteiger partial charge on any atom is -0.483 e. The summed E-state index contributed by atoms with van der Waals surface area (Å²) in [7, 11) is 0. The number of nitrogens with one attached hydrogen (secondary N) is 3. The molecule has 2 amide bonds. The zero-order valence-electron chi connectivity index (χ0n) is 23.7. The number of nitrogens with zero attached hydrogens (tertiary/aromatic N) is 2. The van der Waals surface area contributed by atoms with Crippen molar-refractivity contribution in [3.8, 4) is 17.0 Å². The normalized spacial score (nSPS) is 10.9. The van der Waals surface area contributed by atoms with Gasteiger partial charge in [0.2, 0.25) is 0 Å². The summed E-state index contributed by atoms with van der Waals surface area (Å²) < 4.78 is 5.74. The number of ether oxygens (including phenoxy) is 1. The Labute approximate surface area is 268 Å². The average Bonchev–Trinajstić information content (AvgIpc) is 3.48. The molecule has 0 unspecified atom stereocenters. The molecule has 0 radical (unpaired) electrons. The van der Waals surface area contributed by atoms with Crippen molar-refractivity contribution in [2.45, 2.75) is 13.8 Å². The smallest absolute Gasteiger partial charge is 0.271 e. The van der Waals surface area contributed by atoms with E-state index in [9.17, 15) is 9.59 Å². The lowest BCUT2D eigenvalue weighted by molar-refractivity contribution is -0.118. The Balaban J connectivity index is 1.17. The van der Waals surface area contributed by atoms with Crippen LogP contribution in [0.3, 0.4) is 0 Å². The van der Waals surface area contributed by atoms with Crippen molar-refractivity contribution in [2.24, 2.45) is 5.10 Å². The van der Waals surface area contributed by atoms with E-state index in [1.54, 1.807) is 30.3 Å². The lowest BCUT2D eigenvalue weighted by Gasteiger charge is -2.12. The summed E-state index contributed by atoms with van der Waals surface area (Å²) in [6.45, 7) is 3.71. The molecule has 3 N–H and O–H groups in total. The number of benzene rings is 4. The summed E-state index contributed by atoms with van der Waals surface area (Å²) in [4.78, 5) is 29.9. The van der Waals surface area contributed by atoms with Crippen LogP contribution in [0.4, 0.5) is 16.5 Å². The van der Waals surface area contributed by atoms with Crippen LogP contribution in [0.5, 0.6) is 5.75 Å². The van der Waals surface area contributed by atoms with E-state index in [1.807, 2.05) is 73.8 Å². The maximum Gasteiger partial charge on any atom is 0.271 e. The van der Waals surface area contributed by atoms with Gasteiger partial charge in [-0.2, -0.15) is 5.10 Å². The van der Waals surface area contributed by atoms with Gasteiger partial charge < -0.3 is 15.4 Å². The first-order valence-electron chi connectivity index (χ1n) is 13.5. The zero-order valence-corrected chi connectivity index (χ0v) is 26.1. The van der Waals surface area contributed by atoms with Crippen molar-refractivity contribution >= 4 is 69.1 Å². The molecule has 0 aliphatic rings. The molecular formula is C33H27Cl2N5O3S. The van der Waals surface area contributed by atoms with Crippen LogP contribution in [0.2, 0.25) is 10.0 Å². The topological polar surface area (TPSA) is 105 Å². The van der Waals surface area contributed by atoms with Gasteiger partial charge in [-0.15, -0.1) is 11.3 Å². The lowest BCUT2D eigenvalue weighted by Crippen LogP contribution is -2.21. The second-order valence-corrected chi connectivity index (χ2v) is 11.4. The maximum atomic E-state index is 12.7. The van der Waals surface area contributed by atoms with Gasteiger partial charge in [0.15, 0.2) is 11.7 Å². The molecule has 8 nitrogen and oxygen atoms in total. The van der Waals surface area contributed by atoms with Crippen molar-refractivity contribution in [1.82, 2.24) is 10.4 Å². The summed E-state index contributed by atoms with van der Waals surface area (Å²) in [5.74, 6) is -0.311. The number of amides is 2. The number of aryl methyl sites for hydroxylation is 1. The second-order valence-electron chi connectivity index (χ2n) is 9.71. The molecule has 11 heteroatoms. The molecule has 0 saturated heterocycles. The van der Waals surface area contributed by atoms with Crippen LogP contribution >= 0.6 is 34.5 Å². The molecule has 0 saturated carbocycles.